The van der Waals surface area contributed by atoms with Gasteiger partial charge in [0.05, 0.1) is 0 Å². The van der Waals surface area contributed by atoms with E-state index < -0.39 is 11.9 Å². The van der Waals surface area contributed by atoms with Crippen LogP contribution in [-0.4, -0.2) is 35.5 Å². The number of nitrogens with zero attached hydrogens (tertiary/aromatic N) is 1. The van der Waals surface area contributed by atoms with Crippen molar-refractivity contribution in [1.82, 2.24) is 4.90 Å². The van der Waals surface area contributed by atoms with Crippen molar-refractivity contribution in [2.45, 2.75) is 19.8 Å². The van der Waals surface area contributed by atoms with E-state index in [1.54, 1.807) is 0 Å². The lowest BCUT2D eigenvalue weighted by Crippen LogP contribution is -2.33. The first-order valence-electron chi connectivity index (χ1n) is 3.58. The highest BCUT2D eigenvalue weighted by atomic mass is 16.4. The molecule has 0 unspecified atom stereocenters. The molecule has 4 heteroatoms. The van der Waals surface area contributed by atoms with Gasteiger partial charge in [-0.1, -0.05) is 13.3 Å². The highest BCUT2D eigenvalue weighted by Gasteiger charge is 2.15. The lowest BCUT2D eigenvalue weighted by Gasteiger charge is -2.12. The van der Waals surface area contributed by atoms with Gasteiger partial charge in [0.2, 0.25) is 0 Å². The van der Waals surface area contributed by atoms with Gasteiger partial charge in [-0.25, -0.2) is 4.79 Å². The van der Waals surface area contributed by atoms with Crippen LogP contribution >= 0.6 is 0 Å². The third kappa shape index (κ3) is 3.60. The number of carbonyl (C=O) groups excluding carboxylic acids is 1. The summed E-state index contributed by atoms with van der Waals surface area (Å²) in [6.45, 7) is 2.50. The van der Waals surface area contributed by atoms with Crippen LogP contribution in [0.2, 0.25) is 0 Å². The molecule has 0 aliphatic rings. The van der Waals surface area contributed by atoms with Crippen molar-refractivity contribution in [3.8, 4) is 0 Å². The normalized spacial score (nSPS) is 9.27. The second kappa shape index (κ2) is 4.71. The number of hydrogen-bond acceptors (Lipinski definition) is 2. The molecule has 0 aromatic carbocycles. The molecule has 0 aromatic heterocycles. The Balaban J connectivity index is 3.73. The van der Waals surface area contributed by atoms with Gasteiger partial charge in [-0.15, -0.1) is 0 Å². The van der Waals surface area contributed by atoms with E-state index in [-0.39, 0.29) is 0 Å². The fourth-order valence-corrected chi connectivity index (χ4v) is 0.660. The predicted octanol–water partition coefficient (Wildman–Crippen LogP) is 0.329. The molecule has 1 N–H and O–H groups in total. The number of likely N-dealkylation sites (N-methyl/N-ethyl adjacent to an activating group) is 1. The van der Waals surface area contributed by atoms with E-state index in [4.69, 9.17) is 5.11 Å². The predicted molar refractivity (Wildman–Crippen MR) is 40.2 cm³/mol. The zero-order valence-corrected chi connectivity index (χ0v) is 6.83. The lowest BCUT2D eigenvalue weighted by atomic mass is 10.3. The van der Waals surface area contributed by atoms with Crippen molar-refractivity contribution in [2.24, 2.45) is 0 Å². The summed E-state index contributed by atoms with van der Waals surface area (Å²) in [7, 11) is 1.49. The number of carboxylic acid groups (broad SMARTS) is 1. The highest BCUT2D eigenvalue weighted by molar-refractivity contribution is 6.31. The number of hydrogen-bond donors (Lipinski definition) is 1. The van der Waals surface area contributed by atoms with Gasteiger partial charge in [-0.3, -0.25) is 4.79 Å². The largest absolute Gasteiger partial charge is 0.474 e. The fraction of sp³-hybridized carbons (Fsp3) is 0.714. The molecule has 0 saturated heterocycles. The average molecular weight is 159 g/mol. The first kappa shape index (κ1) is 9.94. The monoisotopic (exact) mass is 159 g/mol. The van der Waals surface area contributed by atoms with Gasteiger partial charge in [-0.05, 0) is 6.42 Å². The van der Waals surface area contributed by atoms with E-state index >= 15 is 0 Å². The van der Waals surface area contributed by atoms with Gasteiger partial charge < -0.3 is 10.0 Å². The van der Waals surface area contributed by atoms with E-state index in [0.29, 0.717) is 6.54 Å². The van der Waals surface area contributed by atoms with Crippen LogP contribution in [0.1, 0.15) is 19.8 Å². The summed E-state index contributed by atoms with van der Waals surface area (Å²) in [6.07, 6.45) is 1.80. The Morgan fingerprint density at radius 1 is 1.45 bits per heavy atom. The number of unbranched alkanes of at least 4 members (excludes halogenated alkanes) is 1. The minimum Gasteiger partial charge on any atom is -0.474 e. The summed E-state index contributed by atoms with van der Waals surface area (Å²) < 4.78 is 0. The number of rotatable bonds is 3. The second-order valence-electron chi connectivity index (χ2n) is 2.39. The molecule has 0 heterocycles. The third-order valence-electron chi connectivity index (χ3n) is 1.38. The van der Waals surface area contributed by atoms with Crippen LogP contribution < -0.4 is 0 Å². The van der Waals surface area contributed by atoms with E-state index in [9.17, 15) is 9.59 Å². The van der Waals surface area contributed by atoms with Crippen molar-refractivity contribution in [3.63, 3.8) is 0 Å². The standard InChI is InChI=1S/C7H13NO3/c1-3-4-5-8(2)6(9)7(10)11/h3-5H2,1-2H3,(H,10,11). The molecule has 0 aromatic rings. The zero-order chi connectivity index (χ0) is 8.85. The summed E-state index contributed by atoms with van der Waals surface area (Å²) in [5.41, 5.74) is 0. The maximum Gasteiger partial charge on any atom is 0.394 e. The van der Waals surface area contributed by atoms with Crippen LogP contribution in [0.3, 0.4) is 0 Å². The molecule has 0 rings (SSSR count). The molecule has 0 aliphatic carbocycles. The van der Waals surface area contributed by atoms with E-state index in [1.807, 2.05) is 6.92 Å². The number of carboxylic acids is 1. The lowest BCUT2D eigenvalue weighted by molar-refractivity contribution is -0.155. The van der Waals surface area contributed by atoms with Gasteiger partial charge in [-0.2, -0.15) is 0 Å². The summed E-state index contributed by atoms with van der Waals surface area (Å²) >= 11 is 0. The minimum absolute atomic E-state index is 0.516. The topological polar surface area (TPSA) is 57.6 Å². The van der Waals surface area contributed by atoms with Crippen molar-refractivity contribution < 1.29 is 14.7 Å². The summed E-state index contributed by atoms with van der Waals surface area (Å²) in [4.78, 5) is 22.0. The number of aliphatic carboxylic acids is 1. The van der Waals surface area contributed by atoms with Gasteiger partial charge in [0, 0.05) is 13.6 Å². The van der Waals surface area contributed by atoms with Crippen LogP contribution in [0, 0.1) is 0 Å². The van der Waals surface area contributed by atoms with Crippen LogP contribution in [0.5, 0.6) is 0 Å². The third-order valence-corrected chi connectivity index (χ3v) is 1.38. The first-order chi connectivity index (χ1) is 5.09. The van der Waals surface area contributed by atoms with Crippen LogP contribution in [0.25, 0.3) is 0 Å². The highest BCUT2D eigenvalue weighted by Crippen LogP contribution is 1.91. The molecule has 0 spiro atoms. The number of carbonyl (C=O) groups is 2. The molecular weight excluding hydrogens is 146 g/mol. The number of amides is 1. The van der Waals surface area contributed by atoms with Gasteiger partial charge >= 0.3 is 11.9 Å². The Kier molecular flexibility index (Phi) is 4.26. The Hall–Kier alpha value is -1.06. The van der Waals surface area contributed by atoms with Crippen molar-refractivity contribution in [1.29, 1.82) is 0 Å². The van der Waals surface area contributed by atoms with Crippen molar-refractivity contribution in [2.75, 3.05) is 13.6 Å². The second-order valence-corrected chi connectivity index (χ2v) is 2.39. The quantitative estimate of drug-likeness (QED) is 0.604. The van der Waals surface area contributed by atoms with E-state index in [2.05, 4.69) is 0 Å². The van der Waals surface area contributed by atoms with Crippen LogP contribution in [-0.2, 0) is 9.59 Å². The smallest absolute Gasteiger partial charge is 0.394 e. The molecule has 4 nitrogen and oxygen atoms in total. The Morgan fingerprint density at radius 2 is 2.00 bits per heavy atom. The minimum atomic E-state index is -1.39. The maximum absolute atomic E-state index is 10.7. The van der Waals surface area contributed by atoms with Gasteiger partial charge in [0.15, 0.2) is 0 Å². The van der Waals surface area contributed by atoms with E-state index in [1.165, 1.54) is 11.9 Å². The molecule has 11 heavy (non-hydrogen) atoms. The summed E-state index contributed by atoms with van der Waals surface area (Å²) in [6, 6.07) is 0. The fourth-order valence-electron chi connectivity index (χ4n) is 0.660. The zero-order valence-electron chi connectivity index (χ0n) is 6.83. The summed E-state index contributed by atoms with van der Waals surface area (Å²) in [5, 5.41) is 8.26. The Bertz CT molecular complexity index is 156. The molecule has 0 aliphatic heterocycles. The molecule has 0 bridgehead atoms. The molecule has 0 fully saturated rings. The molecule has 64 valence electrons. The summed E-state index contributed by atoms with van der Waals surface area (Å²) in [5.74, 6) is -2.22. The average Bonchev–Trinajstić information content (AvgIpc) is 1.98. The van der Waals surface area contributed by atoms with Crippen molar-refractivity contribution >= 4 is 11.9 Å². The molecule has 0 saturated carbocycles. The maximum atomic E-state index is 10.7. The van der Waals surface area contributed by atoms with Crippen LogP contribution in [0.15, 0.2) is 0 Å². The van der Waals surface area contributed by atoms with Gasteiger partial charge in [0.1, 0.15) is 0 Å². The van der Waals surface area contributed by atoms with Crippen LogP contribution in [0.4, 0.5) is 0 Å². The molecule has 0 atom stereocenters. The first-order valence-corrected chi connectivity index (χ1v) is 3.58. The van der Waals surface area contributed by atoms with Gasteiger partial charge in [0.25, 0.3) is 0 Å². The SMILES string of the molecule is CCCCN(C)C(=O)C(=O)O. The Labute approximate surface area is 65.8 Å². The Morgan fingerprint density at radius 3 is 2.36 bits per heavy atom. The van der Waals surface area contributed by atoms with E-state index in [0.717, 1.165) is 12.8 Å². The molecule has 0 radical (unpaired) electrons. The molecular formula is C7H13NO3. The van der Waals surface area contributed by atoms with Crippen molar-refractivity contribution in [3.05, 3.63) is 0 Å². The molecule has 1 amide bonds.